The van der Waals surface area contributed by atoms with Crippen LogP contribution in [-0.2, 0) is 9.53 Å². The van der Waals surface area contributed by atoms with Crippen molar-refractivity contribution in [1.82, 2.24) is 0 Å². The normalized spacial score (nSPS) is 31.4. The van der Waals surface area contributed by atoms with Crippen molar-refractivity contribution in [3.05, 3.63) is 35.9 Å². The summed E-state index contributed by atoms with van der Waals surface area (Å²) in [6.07, 6.45) is 2.73. The van der Waals surface area contributed by atoms with Crippen molar-refractivity contribution in [3.63, 3.8) is 0 Å². The minimum atomic E-state index is -0.495. The Kier molecular flexibility index (Phi) is 4.15. The van der Waals surface area contributed by atoms with E-state index < -0.39 is 6.04 Å². The van der Waals surface area contributed by atoms with Gasteiger partial charge >= 0.3 is 0 Å². The first-order chi connectivity index (χ1) is 9.70. The third-order valence-electron chi connectivity index (χ3n) is 4.43. The van der Waals surface area contributed by atoms with Crippen LogP contribution in [0.3, 0.4) is 0 Å². The van der Waals surface area contributed by atoms with Gasteiger partial charge in [-0.3, -0.25) is 4.79 Å². The standard InChI is InChI=1S/C16H21NO2S/c17-14(12-4-2-1-3-5-12)15(18)13-6-8-19-16(10-13)7-9-20-11-16/h1-5,13-14H,6-11,17H2/t13?,14-,16?/m1/s1. The summed E-state index contributed by atoms with van der Waals surface area (Å²) in [4.78, 5) is 12.7. The molecule has 1 aromatic carbocycles. The predicted molar refractivity (Wildman–Crippen MR) is 81.7 cm³/mol. The van der Waals surface area contributed by atoms with E-state index in [1.165, 1.54) is 0 Å². The summed E-state index contributed by atoms with van der Waals surface area (Å²) in [5.74, 6) is 2.40. The van der Waals surface area contributed by atoms with Gasteiger partial charge in [0.2, 0.25) is 0 Å². The zero-order valence-corrected chi connectivity index (χ0v) is 12.4. The third kappa shape index (κ3) is 2.78. The van der Waals surface area contributed by atoms with Crippen molar-refractivity contribution in [2.24, 2.45) is 11.7 Å². The molecule has 3 atom stereocenters. The van der Waals surface area contributed by atoms with Crippen LogP contribution in [0.25, 0.3) is 0 Å². The summed E-state index contributed by atoms with van der Waals surface area (Å²) < 4.78 is 5.98. The van der Waals surface area contributed by atoms with E-state index in [0.717, 1.165) is 36.3 Å². The average Bonchev–Trinajstić information content (AvgIpc) is 2.94. The molecule has 0 saturated carbocycles. The second kappa shape index (κ2) is 5.88. The number of nitrogens with two attached hydrogens (primary N) is 1. The molecule has 1 aromatic rings. The maximum Gasteiger partial charge on any atom is 0.157 e. The molecular formula is C16H21NO2S. The highest BCUT2D eigenvalue weighted by molar-refractivity contribution is 7.99. The van der Waals surface area contributed by atoms with Crippen LogP contribution in [0.15, 0.2) is 30.3 Å². The molecule has 1 spiro atoms. The minimum Gasteiger partial charge on any atom is -0.374 e. The lowest BCUT2D eigenvalue weighted by atomic mass is 9.80. The maximum atomic E-state index is 12.7. The Hall–Kier alpha value is -0.840. The number of thioether (sulfide) groups is 1. The van der Waals surface area contributed by atoms with Crippen LogP contribution >= 0.6 is 11.8 Å². The predicted octanol–water partition coefficient (Wildman–Crippen LogP) is 2.56. The molecule has 4 heteroatoms. The number of carbonyl (C=O) groups is 1. The second-order valence-electron chi connectivity index (χ2n) is 5.81. The van der Waals surface area contributed by atoms with Crippen LogP contribution in [0, 0.1) is 5.92 Å². The zero-order chi connectivity index (χ0) is 14.0. The zero-order valence-electron chi connectivity index (χ0n) is 11.6. The van der Waals surface area contributed by atoms with Crippen molar-refractivity contribution in [1.29, 1.82) is 0 Å². The first-order valence-electron chi connectivity index (χ1n) is 7.26. The number of ether oxygens (including phenoxy) is 1. The molecule has 20 heavy (non-hydrogen) atoms. The molecule has 2 heterocycles. The Balaban J connectivity index is 1.70. The topological polar surface area (TPSA) is 52.3 Å². The molecule has 2 aliphatic rings. The summed E-state index contributed by atoms with van der Waals surface area (Å²) in [5.41, 5.74) is 7.02. The molecule has 2 unspecified atom stereocenters. The van der Waals surface area contributed by atoms with Gasteiger partial charge < -0.3 is 10.5 Å². The van der Waals surface area contributed by atoms with Gasteiger partial charge in [0.1, 0.15) is 0 Å². The summed E-state index contributed by atoms with van der Waals surface area (Å²) in [5, 5.41) is 0. The Labute approximate surface area is 124 Å². The van der Waals surface area contributed by atoms with Crippen LogP contribution in [0.5, 0.6) is 0 Å². The molecule has 0 bridgehead atoms. The fourth-order valence-electron chi connectivity index (χ4n) is 3.21. The van der Waals surface area contributed by atoms with Crippen LogP contribution < -0.4 is 5.73 Å². The van der Waals surface area contributed by atoms with E-state index in [4.69, 9.17) is 10.5 Å². The van der Waals surface area contributed by atoms with E-state index in [1.54, 1.807) is 0 Å². The Morgan fingerprint density at radius 3 is 2.90 bits per heavy atom. The van der Waals surface area contributed by atoms with Gasteiger partial charge in [0.25, 0.3) is 0 Å². The van der Waals surface area contributed by atoms with Gasteiger partial charge in [-0.2, -0.15) is 11.8 Å². The van der Waals surface area contributed by atoms with E-state index in [9.17, 15) is 4.79 Å². The number of Topliss-reactive ketones (excluding diaryl/α,β-unsaturated/α-hetero) is 1. The van der Waals surface area contributed by atoms with E-state index in [2.05, 4.69) is 0 Å². The summed E-state index contributed by atoms with van der Waals surface area (Å²) in [7, 11) is 0. The number of benzene rings is 1. The average molecular weight is 291 g/mol. The molecule has 3 rings (SSSR count). The Morgan fingerprint density at radius 2 is 2.20 bits per heavy atom. The molecule has 2 fully saturated rings. The summed E-state index contributed by atoms with van der Waals surface area (Å²) in [6.45, 7) is 0.693. The number of carbonyl (C=O) groups excluding carboxylic acids is 1. The van der Waals surface area contributed by atoms with Crippen LogP contribution in [0.4, 0.5) is 0 Å². The quantitative estimate of drug-likeness (QED) is 0.930. The highest BCUT2D eigenvalue weighted by Gasteiger charge is 2.43. The summed E-state index contributed by atoms with van der Waals surface area (Å²) in [6, 6.07) is 9.18. The fourth-order valence-corrected chi connectivity index (χ4v) is 4.59. The smallest absolute Gasteiger partial charge is 0.157 e. The molecular weight excluding hydrogens is 270 g/mol. The van der Waals surface area contributed by atoms with E-state index >= 15 is 0 Å². The second-order valence-corrected chi connectivity index (χ2v) is 6.92. The molecule has 3 nitrogen and oxygen atoms in total. The van der Waals surface area contributed by atoms with Crippen molar-refractivity contribution in [3.8, 4) is 0 Å². The lowest BCUT2D eigenvalue weighted by molar-refractivity contribution is -0.135. The lowest BCUT2D eigenvalue weighted by Gasteiger charge is -2.37. The molecule has 0 radical (unpaired) electrons. The van der Waals surface area contributed by atoms with Crippen LogP contribution in [-0.4, -0.2) is 29.5 Å². The maximum absolute atomic E-state index is 12.7. The van der Waals surface area contributed by atoms with Gasteiger partial charge in [0.15, 0.2) is 5.78 Å². The lowest BCUT2D eigenvalue weighted by Crippen LogP contribution is -2.43. The number of rotatable bonds is 3. The molecule has 0 aliphatic carbocycles. The number of hydrogen-bond acceptors (Lipinski definition) is 4. The van der Waals surface area contributed by atoms with Crippen molar-refractivity contribution >= 4 is 17.5 Å². The van der Waals surface area contributed by atoms with Gasteiger partial charge in [-0.15, -0.1) is 0 Å². The van der Waals surface area contributed by atoms with Crippen molar-refractivity contribution in [2.45, 2.75) is 30.9 Å². The van der Waals surface area contributed by atoms with Gasteiger partial charge in [0.05, 0.1) is 11.6 Å². The van der Waals surface area contributed by atoms with E-state index in [-0.39, 0.29) is 17.3 Å². The highest BCUT2D eigenvalue weighted by atomic mass is 32.2. The van der Waals surface area contributed by atoms with Crippen LogP contribution in [0.1, 0.15) is 30.9 Å². The highest BCUT2D eigenvalue weighted by Crippen LogP contribution is 2.41. The third-order valence-corrected chi connectivity index (χ3v) is 5.65. The SMILES string of the molecule is N[C@@H](C(=O)C1CCOC2(CCSC2)C1)c1ccccc1. The van der Waals surface area contributed by atoms with Gasteiger partial charge in [-0.1, -0.05) is 30.3 Å². The number of ketones is 1. The monoisotopic (exact) mass is 291 g/mol. The molecule has 108 valence electrons. The molecule has 2 aliphatic heterocycles. The Morgan fingerprint density at radius 1 is 1.40 bits per heavy atom. The first-order valence-corrected chi connectivity index (χ1v) is 8.42. The minimum absolute atomic E-state index is 0.0534. The first kappa shape index (κ1) is 14.1. The van der Waals surface area contributed by atoms with E-state index in [0.29, 0.717) is 6.61 Å². The van der Waals surface area contributed by atoms with Crippen molar-refractivity contribution < 1.29 is 9.53 Å². The molecule has 0 aromatic heterocycles. The number of hydrogen-bond donors (Lipinski definition) is 1. The van der Waals surface area contributed by atoms with Gasteiger partial charge in [0, 0.05) is 18.3 Å². The molecule has 2 N–H and O–H groups in total. The van der Waals surface area contributed by atoms with Gasteiger partial charge in [-0.25, -0.2) is 0 Å². The van der Waals surface area contributed by atoms with Gasteiger partial charge in [-0.05, 0) is 30.6 Å². The molecule has 2 saturated heterocycles. The van der Waals surface area contributed by atoms with Crippen molar-refractivity contribution in [2.75, 3.05) is 18.1 Å². The van der Waals surface area contributed by atoms with E-state index in [1.807, 2.05) is 42.1 Å². The Bertz CT molecular complexity index is 471. The summed E-state index contributed by atoms with van der Waals surface area (Å²) >= 11 is 1.93. The van der Waals surface area contributed by atoms with Crippen LogP contribution in [0.2, 0.25) is 0 Å². The molecule has 0 amide bonds. The largest absolute Gasteiger partial charge is 0.374 e. The fraction of sp³-hybridized carbons (Fsp3) is 0.562.